The van der Waals surface area contributed by atoms with Crippen molar-refractivity contribution in [2.75, 3.05) is 5.32 Å². The van der Waals surface area contributed by atoms with Crippen LogP contribution in [0.25, 0.3) is 22.3 Å². The van der Waals surface area contributed by atoms with Crippen molar-refractivity contribution >= 4 is 11.4 Å². The maximum absolute atomic E-state index is 3.50. The third-order valence-electron chi connectivity index (χ3n) is 5.84. The van der Waals surface area contributed by atoms with Crippen LogP contribution in [0, 0.1) is 0 Å². The average Bonchev–Trinajstić information content (AvgIpc) is 2.96. The fourth-order valence-corrected chi connectivity index (χ4v) is 4.35. The summed E-state index contributed by atoms with van der Waals surface area (Å²) in [5.74, 6) is 0. The number of hydrogen-bond donors (Lipinski definition) is 1. The van der Waals surface area contributed by atoms with Crippen molar-refractivity contribution in [1.82, 2.24) is 0 Å². The van der Waals surface area contributed by atoms with Gasteiger partial charge in [-0.3, -0.25) is 0 Å². The third kappa shape index (κ3) is 2.71. The Hall–Kier alpha value is -3.32. The molecule has 4 aromatic rings. The Labute approximate surface area is 166 Å². The molecule has 0 heterocycles. The molecule has 0 spiro atoms. The standard InChI is InChI=1S/C27H23N/c1-27(2)25-14-7-6-13-23(25)24-16-15-20(18-26(24)27)19-9-8-12-22(17-19)28-21-10-4-3-5-11-21/h3-18,28H,1-2H3. The van der Waals surface area contributed by atoms with E-state index in [1.807, 2.05) is 18.2 Å². The van der Waals surface area contributed by atoms with E-state index in [-0.39, 0.29) is 5.41 Å². The van der Waals surface area contributed by atoms with E-state index in [1.165, 1.54) is 33.4 Å². The number of fused-ring (bicyclic) bond motifs is 3. The molecule has 4 aromatic carbocycles. The number of anilines is 2. The summed E-state index contributed by atoms with van der Waals surface area (Å²) < 4.78 is 0. The second kappa shape index (κ2) is 6.38. The van der Waals surface area contributed by atoms with Gasteiger partial charge in [-0.15, -0.1) is 0 Å². The van der Waals surface area contributed by atoms with Crippen LogP contribution in [0.1, 0.15) is 25.0 Å². The first-order chi connectivity index (χ1) is 13.6. The minimum atomic E-state index is 0.0296. The van der Waals surface area contributed by atoms with Gasteiger partial charge in [-0.05, 0) is 63.7 Å². The largest absolute Gasteiger partial charge is 0.356 e. The highest BCUT2D eigenvalue weighted by atomic mass is 14.9. The Morgan fingerprint density at radius 2 is 1.21 bits per heavy atom. The van der Waals surface area contributed by atoms with Gasteiger partial charge in [0.25, 0.3) is 0 Å². The molecule has 0 unspecified atom stereocenters. The molecule has 1 nitrogen and oxygen atoms in total. The summed E-state index contributed by atoms with van der Waals surface area (Å²) in [5.41, 5.74) is 10.3. The number of para-hydroxylation sites is 1. The number of hydrogen-bond acceptors (Lipinski definition) is 1. The van der Waals surface area contributed by atoms with E-state index in [1.54, 1.807) is 0 Å². The molecule has 136 valence electrons. The molecular weight excluding hydrogens is 338 g/mol. The van der Waals surface area contributed by atoms with Crippen molar-refractivity contribution in [2.24, 2.45) is 0 Å². The van der Waals surface area contributed by atoms with Gasteiger partial charge in [0.1, 0.15) is 0 Å². The molecule has 1 heteroatoms. The molecule has 0 amide bonds. The van der Waals surface area contributed by atoms with E-state index in [2.05, 4.69) is 98.0 Å². The van der Waals surface area contributed by atoms with Crippen LogP contribution in [0.15, 0.2) is 97.1 Å². The molecular formula is C27H23N. The lowest BCUT2D eigenvalue weighted by atomic mass is 9.81. The molecule has 0 saturated carbocycles. The zero-order chi connectivity index (χ0) is 19.1. The molecule has 0 radical (unpaired) electrons. The summed E-state index contributed by atoms with van der Waals surface area (Å²) in [7, 11) is 0. The van der Waals surface area contributed by atoms with Gasteiger partial charge < -0.3 is 5.32 Å². The predicted molar refractivity (Wildman–Crippen MR) is 119 cm³/mol. The van der Waals surface area contributed by atoms with Crippen molar-refractivity contribution in [3.63, 3.8) is 0 Å². The summed E-state index contributed by atoms with van der Waals surface area (Å²) in [4.78, 5) is 0. The topological polar surface area (TPSA) is 12.0 Å². The lowest BCUT2D eigenvalue weighted by Crippen LogP contribution is -2.14. The van der Waals surface area contributed by atoms with Gasteiger partial charge in [-0.25, -0.2) is 0 Å². The summed E-state index contributed by atoms with van der Waals surface area (Å²) in [6.45, 7) is 4.66. The monoisotopic (exact) mass is 361 g/mol. The Bertz CT molecular complexity index is 1160. The predicted octanol–water partition coefficient (Wildman–Crippen LogP) is 7.40. The quantitative estimate of drug-likeness (QED) is 0.401. The first-order valence-corrected chi connectivity index (χ1v) is 9.80. The molecule has 0 aromatic heterocycles. The van der Waals surface area contributed by atoms with Crippen LogP contribution in [0.5, 0.6) is 0 Å². The van der Waals surface area contributed by atoms with Crippen LogP contribution in [-0.4, -0.2) is 0 Å². The molecule has 0 aliphatic heterocycles. The highest BCUT2D eigenvalue weighted by Gasteiger charge is 2.35. The fraction of sp³-hybridized carbons (Fsp3) is 0.111. The van der Waals surface area contributed by atoms with Crippen LogP contribution in [0.3, 0.4) is 0 Å². The maximum Gasteiger partial charge on any atom is 0.0390 e. The van der Waals surface area contributed by atoms with Crippen LogP contribution in [0.4, 0.5) is 11.4 Å². The van der Waals surface area contributed by atoms with Gasteiger partial charge >= 0.3 is 0 Å². The van der Waals surface area contributed by atoms with Gasteiger partial charge in [0.2, 0.25) is 0 Å². The highest BCUT2D eigenvalue weighted by Crippen LogP contribution is 2.49. The molecule has 1 N–H and O–H groups in total. The average molecular weight is 361 g/mol. The lowest BCUT2D eigenvalue weighted by molar-refractivity contribution is 0.660. The molecule has 0 fully saturated rings. The van der Waals surface area contributed by atoms with E-state index in [0.29, 0.717) is 0 Å². The summed E-state index contributed by atoms with van der Waals surface area (Å²) in [5, 5.41) is 3.50. The van der Waals surface area contributed by atoms with Gasteiger partial charge in [0.15, 0.2) is 0 Å². The van der Waals surface area contributed by atoms with E-state index < -0.39 is 0 Å². The van der Waals surface area contributed by atoms with Crippen molar-refractivity contribution in [2.45, 2.75) is 19.3 Å². The first-order valence-electron chi connectivity index (χ1n) is 9.80. The SMILES string of the molecule is CC1(C)c2ccccc2-c2ccc(-c3cccc(Nc4ccccc4)c3)cc21. The van der Waals surface area contributed by atoms with E-state index in [0.717, 1.165) is 11.4 Å². The van der Waals surface area contributed by atoms with Crippen molar-refractivity contribution in [3.8, 4) is 22.3 Å². The molecule has 0 saturated heterocycles. The van der Waals surface area contributed by atoms with Crippen molar-refractivity contribution in [3.05, 3.63) is 108 Å². The lowest BCUT2D eigenvalue weighted by Gasteiger charge is -2.22. The van der Waals surface area contributed by atoms with Crippen LogP contribution in [-0.2, 0) is 5.41 Å². The zero-order valence-electron chi connectivity index (χ0n) is 16.2. The molecule has 28 heavy (non-hydrogen) atoms. The van der Waals surface area contributed by atoms with Crippen LogP contribution >= 0.6 is 0 Å². The Balaban J connectivity index is 1.54. The zero-order valence-corrected chi connectivity index (χ0v) is 16.2. The molecule has 0 bridgehead atoms. The van der Waals surface area contributed by atoms with Crippen molar-refractivity contribution < 1.29 is 0 Å². The van der Waals surface area contributed by atoms with Gasteiger partial charge in [0, 0.05) is 16.8 Å². The second-order valence-electron chi connectivity index (χ2n) is 8.00. The van der Waals surface area contributed by atoms with Crippen molar-refractivity contribution in [1.29, 1.82) is 0 Å². The Kier molecular flexibility index (Phi) is 3.84. The van der Waals surface area contributed by atoms with Crippen LogP contribution in [0.2, 0.25) is 0 Å². The number of rotatable bonds is 3. The maximum atomic E-state index is 3.50. The second-order valence-corrected chi connectivity index (χ2v) is 8.00. The Morgan fingerprint density at radius 3 is 2.07 bits per heavy atom. The minimum absolute atomic E-state index is 0.0296. The molecule has 5 rings (SSSR count). The molecule has 0 atom stereocenters. The van der Waals surface area contributed by atoms with Gasteiger partial charge in [-0.2, -0.15) is 0 Å². The Morgan fingerprint density at radius 1 is 0.536 bits per heavy atom. The summed E-state index contributed by atoms with van der Waals surface area (Å²) in [6.07, 6.45) is 0. The normalized spacial score (nSPS) is 13.6. The smallest absolute Gasteiger partial charge is 0.0390 e. The number of nitrogens with one attached hydrogen (secondary N) is 1. The van der Waals surface area contributed by atoms with E-state index in [4.69, 9.17) is 0 Å². The fourth-order valence-electron chi connectivity index (χ4n) is 4.35. The highest BCUT2D eigenvalue weighted by molar-refractivity contribution is 5.84. The minimum Gasteiger partial charge on any atom is -0.356 e. The first kappa shape index (κ1) is 16.8. The van der Waals surface area contributed by atoms with Gasteiger partial charge in [0.05, 0.1) is 0 Å². The molecule has 1 aliphatic rings. The third-order valence-corrected chi connectivity index (χ3v) is 5.84. The van der Waals surface area contributed by atoms with Crippen LogP contribution < -0.4 is 5.32 Å². The summed E-state index contributed by atoms with van der Waals surface area (Å²) in [6, 6.07) is 34.6. The van der Waals surface area contributed by atoms with E-state index in [9.17, 15) is 0 Å². The van der Waals surface area contributed by atoms with E-state index >= 15 is 0 Å². The number of benzene rings is 4. The summed E-state index contributed by atoms with van der Waals surface area (Å²) >= 11 is 0. The van der Waals surface area contributed by atoms with Gasteiger partial charge in [-0.1, -0.05) is 80.6 Å². The molecule has 1 aliphatic carbocycles.